The van der Waals surface area contributed by atoms with Crippen molar-refractivity contribution in [3.63, 3.8) is 0 Å². The van der Waals surface area contributed by atoms with Crippen LogP contribution >= 0.6 is 0 Å². The third-order valence-electron chi connectivity index (χ3n) is 1.80. The summed E-state index contributed by atoms with van der Waals surface area (Å²) in [5.74, 6) is -1.96. The molecule has 1 aromatic rings. The van der Waals surface area contributed by atoms with Crippen LogP contribution in [0.1, 0.15) is 13.3 Å². The van der Waals surface area contributed by atoms with Gasteiger partial charge in [-0.25, -0.2) is 13.8 Å². The van der Waals surface area contributed by atoms with Gasteiger partial charge in [0.1, 0.15) is 5.82 Å². The minimum Gasteiger partial charge on any atom is -0.359 e. The van der Waals surface area contributed by atoms with Crippen molar-refractivity contribution < 1.29 is 13.6 Å². The van der Waals surface area contributed by atoms with E-state index in [4.69, 9.17) is 0 Å². The minimum atomic E-state index is -0.816. The average molecular weight is 229 g/mol. The molecule has 0 fully saturated rings. The summed E-state index contributed by atoms with van der Waals surface area (Å²) in [5.41, 5.74) is 0. The Morgan fingerprint density at radius 2 is 2.25 bits per heavy atom. The van der Waals surface area contributed by atoms with Gasteiger partial charge < -0.3 is 10.6 Å². The van der Waals surface area contributed by atoms with Crippen molar-refractivity contribution in [3.8, 4) is 0 Å². The highest BCUT2D eigenvalue weighted by Gasteiger charge is 2.06. The van der Waals surface area contributed by atoms with Crippen LogP contribution in [0.15, 0.2) is 12.3 Å². The van der Waals surface area contributed by atoms with Gasteiger partial charge in [0, 0.05) is 12.6 Å². The molecule has 6 heteroatoms. The molecule has 0 aliphatic carbocycles. The van der Waals surface area contributed by atoms with Gasteiger partial charge in [-0.1, -0.05) is 6.92 Å². The zero-order chi connectivity index (χ0) is 12.0. The van der Waals surface area contributed by atoms with Gasteiger partial charge in [-0.05, 0) is 6.42 Å². The molecule has 0 atom stereocenters. The predicted molar refractivity (Wildman–Crippen MR) is 55.9 cm³/mol. The monoisotopic (exact) mass is 229 g/mol. The molecule has 1 aromatic heterocycles. The fourth-order valence-electron chi connectivity index (χ4n) is 1.04. The first-order valence-electron chi connectivity index (χ1n) is 4.95. The molecule has 2 N–H and O–H groups in total. The van der Waals surface area contributed by atoms with Crippen LogP contribution in [-0.2, 0) is 4.79 Å². The molecule has 1 rings (SSSR count). The summed E-state index contributed by atoms with van der Waals surface area (Å²) in [5, 5.41) is 5.09. The first-order valence-corrected chi connectivity index (χ1v) is 4.95. The van der Waals surface area contributed by atoms with Crippen LogP contribution in [0.2, 0.25) is 0 Å². The number of hydrogen-bond acceptors (Lipinski definition) is 3. The molecule has 0 aliphatic rings. The number of hydrogen-bond donors (Lipinski definition) is 2. The first-order chi connectivity index (χ1) is 7.63. The lowest BCUT2D eigenvalue weighted by molar-refractivity contribution is -0.119. The summed E-state index contributed by atoms with van der Waals surface area (Å²) in [6, 6.07) is 0.708. The standard InChI is InChI=1S/C10H13F2N3O/c1-2-3-13-9(16)6-15-10-8(12)4-7(11)5-14-10/h4-5H,2-3,6H2,1H3,(H,13,16)(H,14,15). The molecular weight excluding hydrogens is 216 g/mol. The topological polar surface area (TPSA) is 54.0 Å². The second-order valence-corrected chi connectivity index (χ2v) is 3.19. The molecule has 0 radical (unpaired) electrons. The Labute approximate surface area is 92.1 Å². The summed E-state index contributed by atoms with van der Waals surface area (Å²) in [7, 11) is 0. The molecule has 0 aromatic carbocycles. The fourth-order valence-corrected chi connectivity index (χ4v) is 1.04. The van der Waals surface area contributed by atoms with Crippen LogP contribution in [0.3, 0.4) is 0 Å². The number of amides is 1. The van der Waals surface area contributed by atoms with E-state index in [2.05, 4.69) is 15.6 Å². The number of rotatable bonds is 5. The van der Waals surface area contributed by atoms with Crippen molar-refractivity contribution in [3.05, 3.63) is 23.9 Å². The molecule has 0 aliphatic heterocycles. The Morgan fingerprint density at radius 3 is 2.88 bits per heavy atom. The lowest BCUT2D eigenvalue weighted by Gasteiger charge is -2.06. The zero-order valence-corrected chi connectivity index (χ0v) is 8.89. The van der Waals surface area contributed by atoms with Crippen molar-refractivity contribution in [2.45, 2.75) is 13.3 Å². The zero-order valence-electron chi connectivity index (χ0n) is 8.89. The fraction of sp³-hybridized carbons (Fsp3) is 0.400. The Morgan fingerprint density at radius 1 is 1.50 bits per heavy atom. The van der Waals surface area contributed by atoms with Gasteiger partial charge in [0.05, 0.1) is 12.7 Å². The van der Waals surface area contributed by atoms with Crippen LogP contribution in [0.25, 0.3) is 0 Å². The number of aromatic nitrogens is 1. The number of nitrogens with zero attached hydrogens (tertiary/aromatic N) is 1. The van der Waals surface area contributed by atoms with Crippen molar-refractivity contribution in [1.29, 1.82) is 0 Å². The maximum atomic E-state index is 13.1. The first kappa shape index (κ1) is 12.4. The molecular formula is C10H13F2N3O. The van der Waals surface area contributed by atoms with Gasteiger partial charge in [-0.15, -0.1) is 0 Å². The number of anilines is 1. The molecule has 0 spiro atoms. The van der Waals surface area contributed by atoms with Crippen LogP contribution < -0.4 is 10.6 Å². The van der Waals surface area contributed by atoms with Crippen LogP contribution in [0.5, 0.6) is 0 Å². The van der Waals surface area contributed by atoms with Crippen molar-refractivity contribution >= 4 is 11.7 Å². The smallest absolute Gasteiger partial charge is 0.239 e. The van der Waals surface area contributed by atoms with Gasteiger partial charge in [0.25, 0.3) is 0 Å². The van der Waals surface area contributed by atoms with E-state index < -0.39 is 11.6 Å². The lowest BCUT2D eigenvalue weighted by atomic mass is 10.4. The average Bonchev–Trinajstić information content (AvgIpc) is 2.25. The van der Waals surface area contributed by atoms with E-state index in [-0.39, 0.29) is 18.3 Å². The van der Waals surface area contributed by atoms with Crippen LogP contribution in [0.4, 0.5) is 14.6 Å². The molecule has 0 saturated carbocycles. The highest BCUT2D eigenvalue weighted by molar-refractivity contribution is 5.80. The minimum absolute atomic E-state index is 0.0877. The third-order valence-corrected chi connectivity index (χ3v) is 1.80. The van der Waals surface area contributed by atoms with Crippen molar-refractivity contribution in [1.82, 2.24) is 10.3 Å². The quantitative estimate of drug-likeness (QED) is 0.800. The van der Waals surface area contributed by atoms with Crippen LogP contribution in [0, 0.1) is 11.6 Å². The van der Waals surface area contributed by atoms with Gasteiger partial charge in [0.15, 0.2) is 11.6 Å². The largest absolute Gasteiger partial charge is 0.359 e. The normalized spacial score (nSPS) is 9.94. The van der Waals surface area contributed by atoms with E-state index in [1.165, 1.54) is 0 Å². The summed E-state index contributed by atoms with van der Waals surface area (Å²) in [6.45, 7) is 2.41. The van der Waals surface area contributed by atoms with Gasteiger partial charge in [0.2, 0.25) is 5.91 Å². The molecule has 0 saturated heterocycles. The molecule has 88 valence electrons. The second kappa shape index (κ2) is 5.99. The Bertz CT molecular complexity index is 371. The predicted octanol–water partition coefficient (Wildman–Crippen LogP) is 1.30. The maximum absolute atomic E-state index is 13.1. The van der Waals surface area contributed by atoms with Crippen molar-refractivity contribution in [2.24, 2.45) is 0 Å². The maximum Gasteiger partial charge on any atom is 0.239 e. The molecule has 4 nitrogen and oxygen atoms in total. The number of carbonyl (C=O) groups excluding carboxylic acids is 1. The highest BCUT2D eigenvalue weighted by Crippen LogP contribution is 2.10. The van der Waals surface area contributed by atoms with Gasteiger partial charge in [-0.3, -0.25) is 4.79 Å². The lowest BCUT2D eigenvalue weighted by Crippen LogP contribution is -2.30. The Kier molecular flexibility index (Phi) is 4.63. The molecule has 1 amide bonds. The van der Waals surface area contributed by atoms with E-state index in [0.29, 0.717) is 12.6 Å². The number of nitrogens with one attached hydrogen (secondary N) is 2. The highest BCUT2D eigenvalue weighted by atomic mass is 19.1. The molecule has 16 heavy (non-hydrogen) atoms. The van der Waals surface area contributed by atoms with Gasteiger partial charge >= 0.3 is 0 Å². The third kappa shape index (κ3) is 3.80. The summed E-state index contributed by atoms with van der Waals surface area (Å²) in [6.07, 6.45) is 1.71. The van der Waals surface area contributed by atoms with Crippen LogP contribution in [-0.4, -0.2) is 24.0 Å². The van der Waals surface area contributed by atoms with Gasteiger partial charge in [-0.2, -0.15) is 0 Å². The van der Waals surface area contributed by atoms with E-state index in [9.17, 15) is 13.6 Å². The molecule has 0 unspecified atom stereocenters. The Hall–Kier alpha value is -1.72. The van der Waals surface area contributed by atoms with E-state index in [1.807, 2.05) is 6.92 Å². The van der Waals surface area contributed by atoms with E-state index in [0.717, 1.165) is 12.6 Å². The number of carbonyl (C=O) groups is 1. The second-order valence-electron chi connectivity index (χ2n) is 3.19. The molecule has 0 bridgehead atoms. The van der Waals surface area contributed by atoms with Crippen molar-refractivity contribution in [2.75, 3.05) is 18.4 Å². The van der Waals surface area contributed by atoms with E-state index >= 15 is 0 Å². The Balaban J connectivity index is 2.45. The summed E-state index contributed by atoms with van der Waals surface area (Å²) < 4.78 is 25.6. The SMILES string of the molecule is CCCNC(=O)CNc1ncc(F)cc1F. The van der Waals surface area contributed by atoms with E-state index in [1.54, 1.807) is 0 Å². The number of halogens is 2. The summed E-state index contributed by atoms with van der Waals surface area (Å²) >= 11 is 0. The summed E-state index contributed by atoms with van der Waals surface area (Å²) in [4.78, 5) is 14.6. The number of pyridine rings is 1. The molecule has 1 heterocycles.